The van der Waals surface area contributed by atoms with E-state index in [0.29, 0.717) is 0 Å². The molecule has 2 unspecified atom stereocenters. The maximum atomic E-state index is 12.6. The Hall–Kier alpha value is -0.840. The topological polar surface area (TPSA) is 0 Å². The average molecular weight is 356 g/mol. The van der Waals surface area contributed by atoms with Gasteiger partial charge in [0.25, 0.3) is 0 Å². The van der Waals surface area contributed by atoms with E-state index >= 15 is 0 Å². The number of rotatable bonds is 0. The van der Waals surface area contributed by atoms with E-state index in [9.17, 15) is 52.7 Å². The van der Waals surface area contributed by atoms with Crippen molar-refractivity contribution in [1.29, 1.82) is 0 Å². The van der Waals surface area contributed by atoms with Crippen molar-refractivity contribution in [1.82, 2.24) is 0 Å². The van der Waals surface area contributed by atoms with E-state index in [0.717, 1.165) is 0 Å². The third-order valence-corrected chi connectivity index (χ3v) is 3.63. The minimum absolute atomic E-state index is 2.07. The molecule has 1 rings (SSSR count). The fraction of sp³-hybridized carbons (Fsp3) is 1.00. The van der Waals surface area contributed by atoms with Crippen molar-refractivity contribution in [2.24, 2.45) is 23.7 Å². The monoisotopic (exact) mass is 356 g/mol. The quantitative estimate of drug-likeness (QED) is 0.503. The smallest absolute Gasteiger partial charge is 0.171 e. The molecule has 1 saturated carbocycles. The lowest BCUT2D eigenvalue weighted by Crippen LogP contribution is -2.53. The summed E-state index contributed by atoms with van der Waals surface area (Å²) < 4.78 is 151. The van der Waals surface area contributed by atoms with Gasteiger partial charge >= 0.3 is 24.7 Å². The molecule has 0 nitrogen and oxygen atoms in total. The van der Waals surface area contributed by atoms with E-state index in [1.807, 2.05) is 0 Å². The van der Waals surface area contributed by atoms with Gasteiger partial charge in [0.15, 0.2) is 0 Å². The van der Waals surface area contributed by atoms with Gasteiger partial charge in [0.1, 0.15) is 0 Å². The summed E-state index contributed by atoms with van der Waals surface area (Å²) in [4.78, 5) is 0. The van der Waals surface area contributed by atoms with Gasteiger partial charge in [-0.15, -0.1) is 0 Å². The normalized spacial score (nSPS) is 32.2. The Morgan fingerprint density at radius 3 is 0.955 bits per heavy atom. The molecule has 0 radical (unpaired) electrons. The summed E-state index contributed by atoms with van der Waals surface area (Å²) in [5.41, 5.74) is 0. The first kappa shape index (κ1) is 19.2. The van der Waals surface area contributed by atoms with Crippen LogP contribution >= 0.6 is 0 Å². The number of hydrogen-bond donors (Lipinski definition) is 0. The van der Waals surface area contributed by atoms with E-state index < -0.39 is 61.2 Å². The largest absolute Gasteiger partial charge is 0.393 e. The Bertz CT molecular complexity index is 359. The van der Waals surface area contributed by atoms with Crippen LogP contribution in [0.5, 0.6) is 0 Å². The second kappa shape index (κ2) is 5.36. The summed E-state index contributed by atoms with van der Waals surface area (Å²) in [7, 11) is 0. The Kier molecular flexibility index (Phi) is 4.68. The molecular formula is C10H8F12. The van der Waals surface area contributed by atoms with Crippen molar-refractivity contribution in [3.63, 3.8) is 0 Å². The molecule has 0 bridgehead atoms. The van der Waals surface area contributed by atoms with Crippen molar-refractivity contribution in [3.8, 4) is 0 Å². The fourth-order valence-electron chi connectivity index (χ4n) is 2.68. The van der Waals surface area contributed by atoms with Gasteiger partial charge in [-0.25, -0.2) is 0 Å². The van der Waals surface area contributed by atoms with Gasteiger partial charge in [0.2, 0.25) is 0 Å². The van der Waals surface area contributed by atoms with E-state index in [2.05, 4.69) is 0 Å². The third-order valence-electron chi connectivity index (χ3n) is 3.63. The van der Waals surface area contributed by atoms with Crippen LogP contribution in [0.15, 0.2) is 0 Å². The second-order valence-electron chi connectivity index (χ2n) is 5.07. The summed E-state index contributed by atoms with van der Waals surface area (Å²) in [6.07, 6.45) is -27.1. The van der Waals surface area contributed by atoms with Gasteiger partial charge in [-0.05, 0) is 12.8 Å². The average Bonchev–Trinajstić information content (AvgIpc) is 2.22. The van der Waals surface area contributed by atoms with Crippen molar-refractivity contribution in [3.05, 3.63) is 0 Å². The van der Waals surface area contributed by atoms with Crippen LogP contribution in [0.2, 0.25) is 0 Å². The highest BCUT2D eigenvalue weighted by molar-refractivity contribution is 4.97. The highest BCUT2D eigenvalue weighted by Gasteiger charge is 2.68. The molecule has 0 aromatic carbocycles. The molecule has 2 atom stereocenters. The zero-order valence-electron chi connectivity index (χ0n) is 10.3. The molecule has 0 amide bonds. The third kappa shape index (κ3) is 4.12. The molecule has 0 saturated heterocycles. The number of halogens is 12. The lowest BCUT2D eigenvalue weighted by molar-refractivity contribution is -0.330. The molecule has 0 heterocycles. The second-order valence-corrected chi connectivity index (χ2v) is 5.07. The summed E-state index contributed by atoms with van der Waals surface area (Å²) in [5.74, 6) is -14.5. The van der Waals surface area contributed by atoms with Crippen LogP contribution in [0.25, 0.3) is 0 Å². The van der Waals surface area contributed by atoms with Crippen molar-refractivity contribution < 1.29 is 52.7 Å². The van der Waals surface area contributed by atoms with Crippen molar-refractivity contribution in [2.75, 3.05) is 0 Å². The van der Waals surface area contributed by atoms with Crippen molar-refractivity contribution in [2.45, 2.75) is 37.5 Å². The van der Waals surface area contributed by atoms with Gasteiger partial charge in [-0.1, -0.05) is 0 Å². The van der Waals surface area contributed by atoms with E-state index in [1.54, 1.807) is 0 Å². The Morgan fingerprint density at radius 1 is 0.455 bits per heavy atom. The maximum absolute atomic E-state index is 12.6. The standard InChI is InChI=1S/C10H8F12/c11-7(12,13)3-1-4(8(14,15)16)6(10(20,21)22)5(2-3)9(17,18)19/h3-6H,1-2H2. The van der Waals surface area contributed by atoms with Crippen LogP contribution in [0, 0.1) is 23.7 Å². The molecule has 1 aliphatic carbocycles. The molecule has 0 aromatic rings. The predicted octanol–water partition coefficient (Wildman–Crippen LogP) is 5.49. The lowest BCUT2D eigenvalue weighted by atomic mass is 9.66. The first-order valence-electron chi connectivity index (χ1n) is 5.72. The molecule has 0 spiro atoms. The molecule has 22 heavy (non-hydrogen) atoms. The number of alkyl halides is 12. The van der Waals surface area contributed by atoms with Gasteiger partial charge in [-0.3, -0.25) is 0 Å². The van der Waals surface area contributed by atoms with Gasteiger partial charge < -0.3 is 0 Å². The van der Waals surface area contributed by atoms with Crippen LogP contribution in [0.3, 0.4) is 0 Å². The first-order chi connectivity index (χ1) is 9.45. The SMILES string of the molecule is FC(F)(F)C1CC(C(F)(F)F)C(C(F)(F)F)C(C(F)(F)F)C1. The highest BCUT2D eigenvalue weighted by atomic mass is 19.4. The molecule has 0 N–H and O–H groups in total. The Morgan fingerprint density at radius 2 is 0.773 bits per heavy atom. The summed E-state index contributed by atoms with van der Waals surface area (Å²) in [6.45, 7) is 0. The van der Waals surface area contributed by atoms with E-state index in [4.69, 9.17) is 0 Å². The fourth-order valence-corrected chi connectivity index (χ4v) is 2.68. The van der Waals surface area contributed by atoms with E-state index in [-0.39, 0.29) is 0 Å². The zero-order chi connectivity index (χ0) is 17.7. The summed E-state index contributed by atoms with van der Waals surface area (Å²) in [5, 5.41) is 0. The predicted molar refractivity (Wildman–Crippen MR) is 47.4 cm³/mol. The minimum atomic E-state index is -5.92. The first-order valence-corrected chi connectivity index (χ1v) is 5.72. The van der Waals surface area contributed by atoms with Crippen LogP contribution in [-0.4, -0.2) is 24.7 Å². The zero-order valence-corrected chi connectivity index (χ0v) is 10.3. The summed E-state index contributed by atoms with van der Waals surface area (Å²) in [6, 6.07) is 0. The van der Waals surface area contributed by atoms with Crippen LogP contribution < -0.4 is 0 Å². The minimum Gasteiger partial charge on any atom is -0.171 e. The van der Waals surface area contributed by atoms with Crippen LogP contribution in [0.4, 0.5) is 52.7 Å². The van der Waals surface area contributed by atoms with Gasteiger partial charge in [0, 0.05) is 0 Å². The molecule has 132 valence electrons. The summed E-state index contributed by atoms with van der Waals surface area (Å²) >= 11 is 0. The molecular weight excluding hydrogens is 348 g/mol. The maximum Gasteiger partial charge on any atom is 0.393 e. The van der Waals surface area contributed by atoms with Crippen LogP contribution in [-0.2, 0) is 0 Å². The van der Waals surface area contributed by atoms with Gasteiger partial charge in [0.05, 0.1) is 23.7 Å². The molecule has 0 aliphatic heterocycles. The lowest BCUT2D eigenvalue weighted by Gasteiger charge is -2.44. The van der Waals surface area contributed by atoms with Crippen molar-refractivity contribution >= 4 is 0 Å². The molecule has 0 aromatic heterocycles. The molecule has 1 fully saturated rings. The molecule has 1 aliphatic rings. The van der Waals surface area contributed by atoms with Crippen LogP contribution in [0.1, 0.15) is 12.8 Å². The van der Waals surface area contributed by atoms with Gasteiger partial charge in [-0.2, -0.15) is 52.7 Å². The Labute approximate surface area is 115 Å². The molecule has 12 heteroatoms. The highest BCUT2D eigenvalue weighted by Crippen LogP contribution is 2.58. The number of hydrogen-bond acceptors (Lipinski definition) is 0. The Balaban J connectivity index is 3.36. The van der Waals surface area contributed by atoms with E-state index in [1.165, 1.54) is 0 Å².